The molecule has 1 fully saturated rings. The third-order valence-electron chi connectivity index (χ3n) is 2.80. The maximum atomic E-state index is 11.9. The first kappa shape index (κ1) is 15.7. The molecule has 21 heavy (non-hydrogen) atoms. The number of thiazole rings is 1. The number of hydrogen-bond acceptors (Lipinski definition) is 6. The Morgan fingerprint density at radius 1 is 1.57 bits per heavy atom. The molecule has 1 saturated heterocycles. The SMILES string of the molecule is CS(=O)(=O)Nc1nc(CC(=O)NC2CCC(=O)NC2)cs1. The van der Waals surface area contributed by atoms with Crippen molar-refractivity contribution in [3.63, 3.8) is 0 Å². The molecule has 1 aromatic rings. The highest BCUT2D eigenvalue weighted by molar-refractivity contribution is 7.92. The normalized spacial score (nSPS) is 18.9. The van der Waals surface area contributed by atoms with Crippen LogP contribution in [0.5, 0.6) is 0 Å². The van der Waals surface area contributed by atoms with Gasteiger partial charge in [-0.2, -0.15) is 0 Å². The molecular weight excluding hydrogens is 316 g/mol. The summed E-state index contributed by atoms with van der Waals surface area (Å²) in [4.78, 5) is 26.9. The van der Waals surface area contributed by atoms with Crippen molar-refractivity contribution in [1.29, 1.82) is 0 Å². The molecule has 2 rings (SSSR count). The Morgan fingerprint density at radius 2 is 2.33 bits per heavy atom. The summed E-state index contributed by atoms with van der Waals surface area (Å²) >= 11 is 1.13. The zero-order chi connectivity index (χ0) is 15.5. The molecule has 0 aromatic carbocycles. The van der Waals surface area contributed by atoms with E-state index in [0.717, 1.165) is 17.6 Å². The van der Waals surface area contributed by atoms with Crippen LogP contribution < -0.4 is 15.4 Å². The van der Waals surface area contributed by atoms with Crippen LogP contribution in [0.4, 0.5) is 5.13 Å². The first-order valence-electron chi connectivity index (χ1n) is 6.30. The lowest BCUT2D eigenvalue weighted by molar-refractivity contribution is -0.125. The molecule has 1 aliphatic heterocycles. The summed E-state index contributed by atoms with van der Waals surface area (Å²) in [5.41, 5.74) is 0.503. The molecular formula is C11H16N4O4S2. The molecule has 1 aromatic heterocycles. The molecule has 3 N–H and O–H groups in total. The summed E-state index contributed by atoms with van der Waals surface area (Å²) in [5, 5.41) is 7.38. The largest absolute Gasteiger partial charge is 0.354 e. The Balaban J connectivity index is 1.84. The number of anilines is 1. The van der Waals surface area contributed by atoms with Gasteiger partial charge in [-0.15, -0.1) is 11.3 Å². The molecule has 1 aliphatic rings. The van der Waals surface area contributed by atoms with Gasteiger partial charge in [-0.05, 0) is 6.42 Å². The maximum Gasteiger partial charge on any atom is 0.231 e. The number of carbonyl (C=O) groups is 2. The number of aromatic nitrogens is 1. The fourth-order valence-electron chi connectivity index (χ4n) is 1.89. The smallest absolute Gasteiger partial charge is 0.231 e. The molecule has 8 nitrogen and oxygen atoms in total. The van der Waals surface area contributed by atoms with E-state index < -0.39 is 10.0 Å². The Kier molecular flexibility index (Phi) is 4.78. The summed E-state index contributed by atoms with van der Waals surface area (Å²) < 4.78 is 24.4. The van der Waals surface area contributed by atoms with Gasteiger partial charge in [-0.1, -0.05) is 0 Å². The van der Waals surface area contributed by atoms with E-state index in [4.69, 9.17) is 0 Å². The van der Waals surface area contributed by atoms with Gasteiger partial charge >= 0.3 is 0 Å². The van der Waals surface area contributed by atoms with Gasteiger partial charge in [0.05, 0.1) is 18.4 Å². The number of hydrogen-bond donors (Lipinski definition) is 3. The van der Waals surface area contributed by atoms with Gasteiger partial charge < -0.3 is 10.6 Å². The third-order valence-corrected chi connectivity index (χ3v) is 4.30. The van der Waals surface area contributed by atoms with Crippen LogP contribution >= 0.6 is 11.3 Å². The van der Waals surface area contributed by atoms with Crippen LogP contribution in [0.3, 0.4) is 0 Å². The Hall–Kier alpha value is -1.68. The van der Waals surface area contributed by atoms with Gasteiger partial charge in [-0.25, -0.2) is 13.4 Å². The van der Waals surface area contributed by atoms with E-state index in [1.807, 2.05) is 0 Å². The van der Waals surface area contributed by atoms with Gasteiger partial charge in [0.2, 0.25) is 21.8 Å². The minimum absolute atomic E-state index is 0.00325. The lowest BCUT2D eigenvalue weighted by Gasteiger charge is -2.23. The summed E-state index contributed by atoms with van der Waals surface area (Å²) in [5.74, 6) is -0.205. The van der Waals surface area contributed by atoms with E-state index in [1.165, 1.54) is 0 Å². The monoisotopic (exact) mass is 332 g/mol. The molecule has 0 radical (unpaired) electrons. The van der Waals surface area contributed by atoms with Crippen molar-refractivity contribution in [2.75, 3.05) is 17.5 Å². The van der Waals surface area contributed by atoms with Crippen molar-refractivity contribution >= 4 is 38.3 Å². The summed E-state index contributed by atoms with van der Waals surface area (Å²) in [6.07, 6.45) is 2.14. The molecule has 2 heterocycles. The lowest BCUT2D eigenvalue weighted by Crippen LogP contribution is -2.48. The first-order valence-corrected chi connectivity index (χ1v) is 9.07. The highest BCUT2D eigenvalue weighted by Gasteiger charge is 2.20. The van der Waals surface area contributed by atoms with Crippen molar-refractivity contribution in [2.45, 2.75) is 25.3 Å². The molecule has 10 heteroatoms. The Labute approximate surface area is 126 Å². The van der Waals surface area contributed by atoms with Crippen molar-refractivity contribution < 1.29 is 18.0 Å². The number of piperidine rings is 1. The fraction of sp³-hybridized carbons (Fsp3) is 0.545. The molecule has 1 atom stereocenters. The maximum absolute atomic E-state index is 11.9. The van der Waals surface area contributed by atoms with E-state index in [1.54, 1.807) is 5.38 Å². The second kappa shape index (κ2) is 6.39. The van der Waals surface area contributed by atoms with Gasteiger partial charge in [0, 0.05) is 24.4 Å². The van der Waals surface area contributed by atoms with E-state index in [9.17, 15) is 18.0 Å². The van der Waals surface area contributed by atoms with Crippen molar-refractivity contribution in [2.24, 2.45) is 0 Å². The zero-order valence-electron chi connectivity index (χ0n) is 11.4. The fourth-order valence-corrected chi connectivity index (χ4v) is 3.46. The van der Waals surface area contributed by atoms with Crippen LogP contribution in [0.15, 0.2) is 5.38 Å². The Morgan fingerprint density at radius 3 is 2.95 bits per heavy atom. The van der Waals surface area contributed by atoms with Gasteiger partial charge in [-0.3, -0.25) is 14.3 Å². The van der Waals surface area contributed by atoms with Gasteiger partial charge in [0.25, 0.3) is 0 Å². The molecule has 116 valence electrons. The van der Waals surface area contributed by atoms with Crippen LogP contribution in [0.25, 0.3) is 0 Å². The minimum Gasteiger partial charge on any atom is -0.354 e. The summed E-state index contributed by atoms with van der Waals surface area (Å²) in [6.45, 7) is 0.433. The van der Waals surface area contributed by atoms with E-state index in [-0.39, 0.29) is 29.4 Å². The van der Waals surface area contributed by atoms with Crippen LogP contribution in [0, 0.1) is 0 Å². The van der Waals surface area contributed by atoms with Gasteiger partial charge in [0.15, 0.2) is 5.13 Å². The average Bonchev–Trinajstić information content (AvgIpc) is 2.77. The number of sulfonamides is 1. The first-order chi connectivity index (χ1) is 9.82. The van der Waals surface area contributed by atoms with Crippen molar-refractivity contribution in [1.82, 2.24) is 15.6 Å². The second-order valence-electron chi connectivity index (χ2n) is 4.80. The molecule has 0 bridgehead atoms. The molecule has 0 saturated carbocycles. The van der Waals surface area contributed by atoms with Crippen LogP contribution in [0.1, 0.15) is 18.5 Å². The molecule has 0 aliphatic carbocycles. The Bertz CT molecular complexity index is 630. The van der Waals surface area contributed by atoms with Crippen LogP contribution in [0.2, 0.25) is 0 Å². The highest BCUT2D eigenvalue weighted by Crippen LogP contribution is 2.16. The van der Waals surface area contributed by atoms with Crippen molar-refractivity contribution in [3.05, 3.63) is 11.1 Å². The number of rotatable bonds is 5. The van der Waals surface area contributed by atoms with Crippen LogP contribution in [-0.2, 0) is 26.0 Å². The van der Waals surface area contributed by atoms with E-state index >= 15 is 0 Å². The lowest BCUT2D eigenvalue weighted by atomic mass is 10.1. The predicted molar refractivity (Wildman–Crippen MR) is 78.5 cm³/mol. The highest BCUT2D eigenvalue weighted by atomic mass is 32.2. The zero-order valence-corrected chi connectivity index (χ0v) is 13.0. The van der Waals surface area contributed by atoms with E-state index in [2.05, 4.69) is 20.3 Å². The second-order valence-corrected chi connectivity index (χ2v) is 7.41. The summed E-state index contributed by atoms with van der Waals surface area (Å²) in [7, 11) is -3.36. The molecule has 0 spiro atoms. The molecule has 2 amide bonds. The topological polar surface area (TPSA) is 117 Å². The number of nitrogens with zero attached hydrogens (tertiary/aromatic N) is 1. The van der Waals surface area contributed by atoms with Crippen molar-refractivity contribution in [3.8, 4) is 0 Å². The minimum atomic E-state index is -3.36. The number of carbonyl (C=O) groups excluding carboxylic acids is 2. The third kappa shape index (κ3) is 5.31. The quantitative estimate of drug-likeness (QED) is 0.669. The molecule has 1 unspecified atom stereocenters. The predicted octanol–water partition coefficient (Wildman–Crippen LogP) is -0.548. The average molecular weight is 332 g/mol. The number of nitrogens with one attached hydrogen (secondary N) is 3. The standard InChI is InChI=1S/C11H16N4O4S2/c1-21(18,19)15-11-14-8(6-20-11)4-10(17)13-7-2-3-9(16)12-5-7/h6-7H,2-5H2,1H3,(H,12,16)(H,13,17)(H,14,15). The van der Waals surface area contributed by atoms with Gasteiger partial charge in [0.1, 0.15) is 0 Å². The number of amides is 2. The summed E-state index contributed by atoms with van der Waals surface area (Å²) in [6, 6.07) is -0.0672. The van der Waals surface area contributed by atoms with Crippen LogP contribution in [-0.4, -0.2) is 44.1 Å². The van der Waals surface area contributed by atoms with E-state index in [0.29, 0.717) is 25.1 Å².